The lowest BCUT2D eigenvalue weighted by Crippen LogP contribution is -2.01. The number of carbonyl (C=O) groups excluding carboxylic acids is 3. The number of nitrogens with zero attached hydrogens (tertiary/aromatic N) is 2. The Balaban J connectivity index is 3.26. The molecule has 0 aliphatic heterocycles. The highest BCUT2D eigenvalue weighted by Crippen LogP contribution is 2.03. The maximum atomic E-state index is 11.0. The van der Waals surface area contributed by atoms with E-state index in [1.54, 1.807) is 0 Å². The van der Waals surface area contributed by atoms with Gasteiger partial charge in [0.2, 0.25) is 12.2 Å². The van der Waals surface area contributed by atoms with Crippen molar-refractivity contribution in [3.8, 4) is 0 Å². The summed E-state index contributed by atoms with van der Waals surface area (Å²) >= 11 is 0. The van der Waals surface area contributed by atoms with E-state index in [9.17, 15) is 14.4 Å². The number of unbranched alkanes of at least 4 members (excludes halogenated alkanes) is 3. The average molecular weight is 210 g/mol. The smallest absolute Gasteiger partial charge is 0.235 e. The van der Waals surface area contributed by atoms with E-state index in [4.69, 9.17) is 0 Å². The lowest BCUT2D eigenvalue weighted by molar-refractivity contribution is -0.117. The number of ketones is 1. The zero-order chi connectivity index (χ0) is 11.4. The molecule has 0 unspecified atom stereocenters. The van der Waals surface area contributed by atoms with Gasteiger partial charge in [-0.15, -0.1) is 0 Å². The molecule has 0 spiro atoms. The van der Waals surface area contributed by atoms with Crippen molar-refractivity contribution >= 4 is 17.9 Å². The van der Waals surface area contributed by atoms with Crippen molar-refractivity contribution in [3.63, 3.8) is 0 Å². The predicted octanol–water partition coefficient (Wildman–Crippen LogP) is 1.18. The third kappa shape index (κ3) is 10.4. The fourth-order valence-electron chi connectivity index (χ4n) is 1.11. The molecule has 0 N–H and O–H groups in total. The van der Waals surface area contributed by atoms with Crippen LogP contribution in [0.3, 0.4) is 0 Å². The van der Waals surface area contributed by atoms with Crippen LogP contribution in [0.2, 0.25) is 0 Å². The molecule has 0 atom stereocenters. The maximum Gasteiger partial charge on any atom is 0.235 e. The monoisotopic (exact) mass is 210 g/mol. The first-order chi connectivity index (χ1) is 7.31. The van der Waals surface area contributed by atoms with Gasteiger partial charge < -0.3 is 0 Å². The molecule has 0 aromatic heterocycles. The van der Waals surface area contributed by atoms with E-state index >= 15 is 0 Å². The SMILES string of the molecule is O=C=NCCCCCCC(=O)CN=C=O. The standard InChI is InChI=1S/C10H14N2O3/c13-8-11-6-4-2-1-3-5-10(15)7-12-9-14/h1-7H2. The Bertz CT molecular complexity index is 276. The van der Waals surface area contributed by atoms with Gasteiger partial charge >= 0.3 is 0 Å². The first-order valence-corrected chi connectivity index (χ1v) is 4.90. The molecular formula is C10H14N2O3. The van der Waals surface area contributed by atoms with Gasteiger partial charge in [0.1, 0.15) is 6.54 Å². The highest BCUT2D eigenvalue weighted by molar-refractivity contribution is 5.81. The largest absolute Gasteiger partial charge is 0.298 e. The molecule has 0 amide bonds. The van der Waals surface area contributed by atoms with E-state index in [1.165, 1.54) is 12.2 Å². The summed E-state index contributed by atoms with van der Waals surface area (Å²) in [5.74, 6) is -0.0377. The Morgan fingerprint density at radius 1 is 0.933 bits per heavy atom. The molecular weight excluding hydrogens is 196 g/mol. The van der Waals surface area contributed by atoms with Crippen LogP contribution in [0.5, 0.6) is 0 Å². The first-order valence-electron chi connectivity index (χ1n) is 4.90. The third-order valence-electron chi connectivity index (χ3n) is 1.86. The van der Waals surface area contributed by atoms with Crippen molar-refractivity contribution in [3.05, 3.63) is 0 Å². The maximum absolute atomic E-state index is 11.0. The summed E-state index contributed by atoms with van der Waals surface area (Å²) in [4.78, 5) is 37.0. The van der Waals surface area contributed by atoms with Crippen molar-refractivity contribution in [2.75, 3.05) is 13.1 Å². The molecule has 0 aliphatic rings. The van der Waals surface area contributed by atoms with Gasteiger partial charge in [-0.3, -0.25) is 4.79 Å². The van der Waals surface area contributed by atoms with Crippen molar-refractivity contribution < 1.29 is 14.4 Å². The van der Waals surface area contributed by atoms with Gasteiger partial charge in [-0.1, -0.05) is 12.8 Å². The van der Waals surface area contributed by atoms with E-state index in [1.807, 2.05) is 0 Å². The second kappa shape index (κ2) is 10.5. The fourth-order valence-corrected chi connectivity index (χ4v) is 1.11. The molecule has 0 aromatic rings. The molecule has 0 bridgehead atoms. The highest BCUT2D eigenvalue weighted by Gasteiger charge is 1.99. The molecule has 0 aliphatic carbocycles. The van der Waals surface area contributed by atoms with Crippen LogP contribution in [0.15, 0.2) is 9.98 Å². The van der Waals surface area contributed by atoms with Crippen LogP contribution in [0.25, 0.3) is 0 Å². The minimum atomic E-state index is -0.0566. The molecule has 0 heterocycles. The van der Waals surface area contributed by atoms with Gasteiger partial charge in [-0.25, -0.2) is 14.6 Å². The van der Waals surface area contributed by atoms with Crippen molar-refractivity contribution in [2.24, 2.45) is 9.98 Å². The quantitative estimate of drug-likeness (QED) is 0.325. The number of rotatable bonds is 9. The molecule has 0 aromatic carbocycles. The topological polar surface area (TPSA) is 75.9 Å². The zero-order valence-corrected chi connectivity index (χ0v) is 8.57. The van der Waals surface area contributed by atoms with Crippen molar-refractivity contribution in [2.45, 2.75) is 32.1 Å². The van der Waals surface area contributed by atoms with Crippen molar-refractivity contribution in [1.82, 2.24) is 0 Å². The second-order valence-electron chi connectivity index (χ2n) is 3.08. The predicted molar refractivity (Wildman–Crippen MR) is 54.1 cm³/mol. The average Bonchev–Trinajstić information content (AvgIpc) is 2.25. The summed E-state index contributed by atoms with van der Waals surface area (Å²) in [5, 5.41) is 0. The Morgan fingerprint density at radius 2 is 1.60 bits per heavy atom. The number of hydrogen-bond donors (Lipinski definition) is 0. The minimum absolute atomic E-state index is 0.0377. The van der Waals surface area contributed by atoms with E-state index in [0.717, 1.165) is 25.7 Å². The van der Waals surface area contributed by atoms with Crippen LogP contribution >= 0.6 is 0 Å². The van der Waals surface area contributed by atoms with Crippen LogP contribution in [0.4, 0.5) is 0 Å². The second-order valence-corrected chi connectivity index (χ2v) is 3.08. The number of carbonyl (C=O) groups is 1. The Hall–Kier alpha value is -1.57. The third-order valence-corrected chi connectivity index (χ3v) is 1.86. The summed E-state index contributed by atoms with van der Waals surface area (Å²) in [5.41, 5.74) is 0. The zero-order valence-electron chi connectivity index (χ0n) is 8.57. The fraction of sp³-hybridized carbons (Fsp3) is 0.700. The van der Waals surface area contributed by atoms with Gasteiger partial charge in [0.15, 0.2) is 5.78 Å². The Kier molecular flexibility index (Phi) is 9.41. The summed E-state index contributed by atoms with van der Waals surface area (Å²) in [6, 6.07) is 0. The van der Waals surface area contributed by atoms with E-state index < -0.39 is 0 Å². The van der Waals surface area contributed by atoms with Crippen LogP contribution in [-0.2, 0) is 14.4 Å². The van der Waals surface area contributed by atoms with Crippen LogP contribution in [-0.4, -0.2) is 31.0 Å². The van der Waals surface area contributed by atoms with E-state index in [0.29, 0.717) is 13.0 Å². The first kappa shape index (κ1) is 13.4. The Labute approximate surface area is 88.3 Å². The molecule has 5 nitrogen and oxygen atoms in total. The van der Waals surface area contributed by atoms with E-state index in [-0.39, 0.29) is 12.3 Å². The highest BCUT2D eigenvalue weighted by atomic mass is 16.1. The number of hydrogen-bond acceptors (Lipinski definition) is 5. The number of Topliss-reactive ketones (excluding diaryl/α,β-unsaturated/α-hetero) is 1. The van der Waals surface area contributed by atoms with Crippen LogP contribution in [0, 0.1) is 0 Å². The van der Waals surface area contributed by atoms with Crippen molar-refractivity contribution in [1.29, 1.82) is 0 Å². The Morgan fingerprint density at radius 3 is 2.27 bits per heavy atom. The van der Waals surface area contributed by atoms with Crippen LogP contribution in [0.1, 0.15) is 32.1 Å². The normalized spacial score (nSPS) is 8.80. The van der Waals surface area contributed by atoms with Gasteiger partial charge in [-0.05, 0) is 12.8 Å². The van der Waals surface area contributed by atoms with Gasteiger partial charge in [0.25, 0.3) is 0 Å². The molecule has 0 saturated carbocycles. The van der Waals surface area contributed by atoms with Gasteiger partial charge in [-0.2, -0.15) is 4.99 Å². The summed E-state index contributed by atoms with van der Waals surface area (Å²) in [6.07, 6.45) is 6.74. The van der Waals surface area contributed by atoms with Gasteiger partial charge in [0, 0.05) is 6.42 Å². The minimum Gasteiger partial charge on any atom is -0.298 e. The molecule has 15 heavy (non-hydrogen) atoms. The van der Waals surface area contributed by atoms with Crippen LogP contribution < -0.4 is 0 Å². The molecule has 5 heteroatoms. The van der Waals surface area contributed by atoms with E-state index in [2.05, 4.69) is 9.98 Å². The molecule has 0 saturated heterocycles. The summed E-state index contributed by atoms with van der Waals surface area (Å²) in [6.45, 7) is 0.450. The molecule has 0 fully saturated rings. The lowest BCUT2D eigenvalue weighted by atomic mass is 10.1. The molecule has 0 rings (SSSR count). The lowest BCUT2D eigenvalue weighted by Gasteiger charge is -1.97. The molecule has 82 valence electrons. The summed E-state index contributed by atoms with van der Waals surface area (Å²) < 4.78 is 0. The van der Waals surface area contributed by atoms with Gasteiger partial charge in [0.05, 0.1) is 6.54 Å². The molecule has 0 radical (unpaired) electrons. The summed E-state index contributed by atoms with van der Waals surface area (Å²) in [7, 11) is 0. The number of isocyanates is 2. The number of aliphatic imine (C=N–C) groups is 2.